The Hall–Kier alpha value is -6.43. The first-order valence-corrected chi connectivity index (χ1v) is 21.3. The molecule has 8 atom stereocenters. The minimum absolute atomic E-state index is 0.00957. The van der Waals surface area contributed by atoms with Gasteiger partial charge in [-0.15, -0.1) is 0 Å². The Morgan fingerprint density at radius 1 is 0.463 bits per heavy atom. The van der Waals surface area contributed by atoms with Crippen molar-refractivity contribution < 1.29 is 68.7 Å². The summed E-state index contributed by atoms with van der Waals surface area (Å²) in [6.45, 7) is 2.36. The lowest BCUT2D eigenvalue weighted by molar-refractivity contribution is -0.143. The molecule has 0 saturated heterocycles. The van der Waals surface area contributed by atoms with Gasteiger partial charge in [0.2, 0.25) is 47.3 Å². The number of carboxylic acids is 1. The number of nitrogens with two attached hydrogens (primary N) is 5. The lowest BCUT2D eigenvalue weighted by Gasteiger charge is -2.26. The van der Waals surface area contributed by atoms with Crippen LogP contribution in [0.3, 0.4) is 0 Å². The van der Waals surface area contributed by atoms with E-state index >= 15 is 0 Å². The Labute approximate surface area is 387 Å². The number of hydrogen-bond donors (Lipinski definition) is 18. The van der Waals surface area contributed by atoms with Crippen LogP contribution >= 0.6 is 0 Å². The number of aliphatic hydroxyl groups is 4. The lowest BCUT2D eigenvalue weighted by Crippen LogP contribution is -2.61. The summed E-state index contributed by atoms with van der Waals surface area (Å²) < 4.78 is 0. The summed E-state index contributed by atoms with van der Waals surface area (Å²) >= 11 is 0. The van der Waals surface area contributed by atoms with Crippen molar-refractivity contribution in [2.75, 3.05) is 46.1 Å². The number of nitrogens with zero attached hydrogens (tertiary/aromatic N) is 2. The van der Waals surface area contributed by atoms with Gasteiger partial charge in [0, 0.05) is 13.1 Å². The quantitative estimate of drug-likeness (QED) is 0.0165. The average Bonchev–Trinajstić information content (AvgIpc) is 3.25. The molecule has 0 radical (unpaired) electrons. The van der Waals surface area contributed by atoms with Gasteiger partial charge in [-0.2, -0.15) is 0 Å². The minimum atomic E-state index is -1.80. The van der Waals surface area contributed by atoms with E-state index < -0.39 is 135 Å². The second-order valence-corrected chi connectivity index (χ2v) is 16.0. The van der Waals surface area contributed by atoms with Crippen molar-refractivity contribution in [1.82, 2.24) is 42.5 Å². The zero-order valence-electron chi connectivity index (χ0n) is 38.2. The first kappa shape index (κ1) is 60.6. The molecule has 29 heteroatoms. The zero-order valence-corrected chi connectivity index (χ0v) is 38.2. The summed E-state index contributed by atoms with van der Waals surface area (Å²) in [6.07, 6.45) is 0.0446. The molecular formula is C38H71N15O14. The van der Waals surface area contributed by atoms with Crippen molar-refractivity contribution in [3.8, 4) is 0 Å². The SMILES string of the molecule is CC(C)C[C@H](NC(=O)[C@H](CO)NC(=O)CNC(=O)[C@H](CC(C)C)NC(=O)[C@H](CO)NC(=O)[C@H](CO)NC(=O)[C@H](CCCN=C(N)N)NC(=O)[C@H](CCCN=C(N)N)NC(=O)[C@@H](N)CO)C(=O)O. The number of carbonyl (C=O) groups excluding carboxylic acids is 8. The Morgan fingerprint density at radius 2 is 0.806 bits per heavy atom. The molecule has 67 heavy (non-hydrogen) atoms. The third-order valence-corrected chi connectivity index (χ3v) is 9.24. The Morgan fingerprint density at radius 3 is 1.18 bits per heavy atom. The fourth-order valence-electron chi connectivity index (χ4n) is 5.78. The lowest BCUT2D eigenvalue weighted by atomic mass is 10.0. The first-order valence-electron chi connectivity index (χ1n) is 21.3. The van der Waals surface area contributed by atoms with Crippen molar-refractivity contribution in [3.63, 3.8) is 0 Å². The van der Waals surface area contributed by atoms with Gasteiger partial charge in [0.25, 0.3) is 0 Å². The smallest absolute Gasteiger partial charge is 0.326 e. The number of carboxylic acid groups (broad SMARTS) is 1. The van der Waals surface area contributed by atoms with Crippen LogP contribution in [0.25, 0.3) is 0 Å². The number of aliphatic hydroxyl groups excluding tert-OH is 4. The van der Waals surface area contributed by atoms with Crippen molar-refractivity contribution in [2.45, 2.75) is 115 Å². The second-order valence-electron chi connectivity index (χ2n) is 16.0. The highest BCUT2D eigenvalue weighted by Crippen LogP contribution is 2.08. The highest BCUT2D eigenvalue weighted by Gasteiger charge is 2.33. The molecule has 8 amide bonds. The molecule has 0 unspecified atom stereocenters. The molecule has 29 nitrogen and oxygen atoms in total. The second kappa shape index (κ2) is 32.3. The van der Waals surface area contributed by atoms with Gasteiger partial charge in [0.15, 0.2) is 11.9 Å². The third kappa shape index (κ3) is 25.2. The Bertz CT molecular complexity index is 1710. The molecular weight excluding hydrogens is 891 g/mol. The van der Waals surface area contributed by atoms with Crippen LogP contribution in [0.1, 0.15) is 66.2 Å². The molecule has 23 N–H and O–H groups in total. The van der Waals surface area contributed by atoms with E-state index in [9.17, 15) is 68.7 Å². The Kier molecular flexibility index (Phi) is 29.2. The molecule has 382 valence electrons. The van der Waals surface area contributed by atoms with E-state index in [1.54, 1.807) is 27.7 Å². The predicted molar refractivity (Wildman–Crippen MR) is 239 cm³/mol. The molecule has 0 saturated carbocycles. The van der Waals surface area contributed by atoms with Gasteiger partial charge in [0.1, 0.15) is 48.3 Å². The number of hydrogen-bond acceptors (Lipinski definition) is 16. The van der Waals surface area contributed by atoms with Crippen LogP contribution in [0.15, 0.2) is 9.98 Å². The van der Waals surface area contributed by atoms with Crippen molar-refractivity contribution >= 4 is 65.1 Å². The number of aliphatic carboxylic acids is 1. The molecule has 0 aliphatic heterocycles. The topological polar surface area (TPSA) is 506 Å². The summed E-state index contributed by atoms with van der Waals surface area (Å²) in [5, 5.41) is 66.9. The van der Waals surface area contributed by atoms with E-state index in [0.29, 0.717) is 0 Å². The zero-order chi connectivity index (χ0) is 51.4. The van der Waals surface area contributed by atoms with Crippen LogP contribution in [0.5, 0.6) is 0 Å². The van der Waals surface area contributed by atoms with Crippen molar-refractivity contribution in [3.05, 3.63) is 0 Å². The molecule has 0 aromatic carbocycles. The summed E-state index contributed by atoms with van der Waals surface area (Å²) in [4.78, 5) is 124. The first-order chi connectivity index (χ1) is 31.4. The Balaban J connectivity index is 6.02. The summed E-state index contributed by atoms with van der Waals surface area (Å²) in [5.41, 5.74) is 27.1. The maximum absolute atomic E-state index is 13.6. The average molecular weight is 962 g/mol. The fraction of sp³-hybridized carbons (Fsp3) is 0.711. The van der Waals surface area contributed by atoms with Crippen LogP contribution in [-0.4, -0.2) is 185 Å². The van der Waals surface area contributed by atoms with Crippen molar-refractivity contribution in [2.24, 2.45) is 50.5 Å². The van der Waals surface area contributed by atoms with Crippen LogP contribution in [0.2, 0.25) is 0 Å². The van der Waals surface area contributed by atoms with Crippen molar-refractivity contribution in [1.29, 1.82) is 0 Å². The highest BCUT2D eigenvalue weighted by atomic mass is 16.4. The van der Waals surface area contributed by atoms with Gasteiger partial charge in [-0.1, -0.05) is 27.7 Å². The number of carbonyl (C=O) groups is 9. The molecule has 0 fully saturated rings. The van der Waals surface area contributed by atoms with E-state index in [-0.39, 0.29) is 75.4 Å². The highest BCUT2D eigenvalue weighted by molar-refractivity contribution is 5.97. The van der Waals surface area contributed by atoms with E-state index in [2.05, 4.69) is 52.5 Å². The summed E-state index contributed by atoms with van der Waals surface area (Å²) in [5.74, 6) is -10.2. The summed E-state index contributed by atoms with van der Waals surface area (Å²) in [7, 11) is 0. The van der Waals surface area contributed by atoms with Gasteiger partial charge in [-0.3, -0.25) is 48.3 Å². The summed E-state index contributed by atoms with van der Waals surface area (Å²) in [6, 6.07) is -12.0. The van der Waals surface area contributed by atoms with Gasteiger partial charge in [-0.25, -0.2) is 4.79 Å². The minimum Gasteiger partial charge on any atom is -0.480 e. The van der Waals surface area contributed by atoms with Gasteiger partial charge >= 0.3 is 5.97 Å². The largest absolute Gasteiger partial charge is 0.480 e. The molecule has 0 heterocycles. The van der Waals surface area contributed by atoms with E-state index in [0.717, 1.165) is 0 Å². The monoisotopic (exact) mass is 962 g/mol. The molecule has 0 rings (SSSR count). The van der Waals surface area contributed by atoms with Crippen LogP contribution in [-0.2, 0) is 43.2 Å². The molecule has 0 aromatic heterocycles. The molecule has 0 spiro atoms. The third-order valence-electron chi connectivity index (χ3n) is 9.24. The maximum Gasteiger partial charge on any atom is 0.326 e. The number of nitrogens with one attached hydrogen (secondary N) is 8. The molecule has 0 aliphatic rings. The molecule has 0 aromatic rings. The standard InChI is InChI=1S/C38H71N15O14/c1-18(2)11-23(30(60)46-13-28(58)47-25(15-55)33(63)51-24(36(66)67)12-19(3)4)50-34(64)26(16-56)53-35(65)27(17-57)52-32(62)22(8-6-10-45-38(42)43)49-31(61)21(7-5-9-44-37(40)41)48-29(59)20(39)14-54/h18-27,54-57H,5-17,39H2,1-4H3,(H,46,60)(H,47,58)(H,48,59)(H,49,61)(H,50,64)(H,51,63)(H,52,62)(H,53,65)(H,66,67)(H4,40,41,44)(H4,42,43,45)/t20-,21-,22-,23-,24-,25-,26-,27-/m0/s1. The number of rotatable bonds is 33. The normalized spacial score (nSPS) is 14.6. The van der Waals surface area contributed by atoms with Crippen LogP contribution in [0, 0.1) is 11.8 Å². The predicted octanol–water partition coefficient (Wildman–Crippen LogP) is -8.92. The van der Waals surface area contributed by atoms with Crippen LogP contribution < -0.4 is 71.2 Å². The van der Waals surface area contributed by atoms with Gasteiger partial charge < -0.3 is 96.7 Å². The maximum atomic E-state index is 13.6. The molecule has 0 aliphatic carbocycles. The van der Waals surface area contributed by atoms with E-state index in [1.165, 1.54) is 0 Å². The van der Waals surface area contributed by atoms with E-state index in [1.807, 2.05) is 0 Å². The van der Waals surface area contributed by atoms with E-state index in [4.69, 9.17) is 28.7 Å². The van der Waals surface area contributed by atoms with Gasteiger partial charge in [0.05, 0.1) is 33.0 Å². The van der Waals surface area contributed by atoms with Crippen LogP contribution in [0.4, 0.5) is 0 Å². The number of guanidine groups is 2. The number of amides is 8. The fourth-order valence-corrected chi connectivity index (χ4v) is 5.78. The molecule has 0 bridgehead atoms. The van der Waals surface area contributed by atoms with Gasteiger partial charge in [-0.05, 0) is 50.4 Å². The number of aliphatic imine (C=N–C) groups is 2.